The van der Waals surface area contributed by atoms with E-state index in [1.165, 1.54) is 16.7 Å². The van der Waals surface area contributed by atoms with Crippen LogP contribution in [0.4, 0.5) is 0 Å². The Kier molecular flexibility index (Phi) is 7.95. The average molecular weight is 360 g/mol. The molecule has 0 amide bonds. The summed E-state index contributed by atoms with van der Waals surface area (Å²) in [5.41, 5.74) is 3.99. The van der Waals surface area contributed by atoms with Gasteiger partial charge in [-0.2, -0.15) is 0 Å². The molecule has 0 unspecified atom stereocenters. The summed E-state index contributed by atoms with van der Waals surface area (Å²) in [6.07, 6.45) is 2.61. The van der Waals surface area contributed by atoms with E-state index in [1.54, 1.807) is 0 Å². The molecule has 0 radical (unpaired) electrons. The number of benzene rings is 1. The van der Waals surface area contributed by atoms with Crippen LogP contribution in [-0.4, -0.2) is 49.6 Å². The molecule has 0 aromatic heterocycles. The molecular formula is C21H33N3O2. The number of guanidine groups is 1. The smallest absolute Gasteiger partial charge is 0.309 e. The van der Waals surface area contributed by atoms with Gasteiger partial charge in [0.15, 0.2) is 5.96 Å². The van der Waals surface area contributed by atoms with E-state index in [0.29, 0.717) is 6.61 Å². The van der Waals surface area contributed by atoms with Gasteiger partial charge in [0.05, 0.1) is 12.5 Å². The second-order valence-electron chi connectivity index (χ2n) is 6.93. The van der Waals surface area contributed by atoms with E-state index in [1.807, 2.05) is 6.92 Å². The van der Waals surface area contributed by atoms with Crippen molar-refractivity contribution in [2.24, 2.45) is 10.9 Å². The maximum Gasteiger partial charge on any atom is 0.309 e. The number of esters is 1. The maximum absolute atomic E-state index is 11.9. The number of ether oxygens (including phenoxy) is 1. The second kappa shape index (κ2) is 10.2. The number of rotatable bonds is 6. The Labute approximate surface area is 157 Å². The highest BCUT2D eigenvalue weighted by Crippen LogP contribution is 2.19. The summed E-state index contributed by atoms with van der Waals surface area (Å²) in [5, 5.41) is 3.39. The molecule has 1 heterocycles. The van der Waals surface area contributed by atoms with Gasteiger partial charge in [-0.3, -0.25) is 9.79 Å². The first-order valence-corrected chi connectivity index (χ1v) is 9.81. The van der Waals surface area contributed by atoms with Gasteiger partial charge in [0.25, 0.3) is 0 Å². The zero-order chi connectivity index (χ0) is 18.9. The van der Waals surface area contributed by atoms with Gasteiger partial charge in [0.1, 0.15) is 0 Å². The first-order valence-electron chi connectivity index (χ1n) is 9.81. The normalized spacial score (nSPS) is 15.8. The van der Waals surface area contributed by atoms with Gasteiger partial charge in [0, 0.05) is 26.2 Å². The van der Waals surface area contributed by atoms with Crippen LogP contribution in [0.3, 0.4) is 0 Å². The van der Waals surface area contributed by atoms with Crippen LogP contribution in [0.15, 0.2) is 23.2 Å². The molecule has 1 fully saturated rings. The fourth-order valence-corrected chi connectivity index (χ4v) is 3.42. The molecule has 2 rings (SSSR count). The molecule has 1 saturated heterocycles. The Morgan fingerprint density at radius 1 is 1.27 bits per heavy atom. The second-order valence-corrected chi connectivity index (χ2v) is 6.93. The van der Waals surface area contributed by atoms with Crippen molar-refractivity contribution >= 4 is 11.9 Å². The Balaban J connectivity index is 1.91. The fourth-order valence-electron chi connectivity index (χ4n) is 3.42. The number of nitrogens with one attached hydrogen (secondary N) is 1. The van der Waals surface area contributed by atoms with Gasteiger partial charge in [-0.25, -0.2) is 0 Å². The van der Waals surface area contributed by atoms with Crippen LogP contribution < -0.4 is 5.32 Å². The average Bonchev–Trinajstić information content (AvgIpc) is 2.63. The lowest BCUT2D eigenvalue weighted by molar-refractivity contribution is -0.149. The first kappa shape index (κ1) is 20.3. The fraction of sp³-hybridized carbons (Fsp3) is 0.619. The summed E-state index contributed by atoms with van der Waals surface area (Å²) in [4.78, 5) is 19.0. The summed E-state index contributed by atoms with van der Waals surface area (Å²) in [6.45, 7) is 12.0. The number of aryl methyl sites for hydroxylation is 2. The van der Waals surface area contributed by atoms with Gasteiger partial charge >= 0.3 is 5.97 Å². The predicted molar refractivity (Wildman–Crippen MR) is 107 cm³/mol. The number of likely N-dealkylation sites (tertiary alicyclic amines) is 1. The van der Waals surface area contributed by atoms with Gasteiger partial charge in [-0.05, 0) is 58.1 Å². The summed E-state index contributed by atoms with van der Waals surface area (Å²) < 4.78 is 5.15. The van der Waals surface area contributed by atoms with Crippen molar-refractivity contribution in [1.29, 1.82) is 0 Å². The van der Waals surface area contributed by atoms with Crippen molar-refractivity contribution in [3.8, 4) is 0 Å². The van der Waals surface area contributed by atoms with Crippen molar-refractivity contribution in [3.63, 3.8) is 0 Å². The summed E-state index contributed by atoms with van der Waals surface area (Å²) in [5.74, 6) is 0.938. The van der Waals surface area contributed by atoms with E-state index in [-0.39, 0.29) is 11.9 Å². The SMILES string of the molecule is CCNC(=NCCc1ccc(C)cc1C)N1CCC(C(=O)OCC)CC1. The molecule has 1 aromatic rings. The molecule has 5 nitrogen and oxygen atoms in total. The third-order valence-corrected chi connectivity index (χ3v) is 4.89. The van der Waals surface area contributed by atoms with Gasteiger partial charge < -0.3 is 15.0 Å². The first-order chi connectivity index (χ1) is 12.5. The summed E-state index contributed by atoms with van der Waals surface area (Å²) in [7, 11) is 0. The molecule has 1 aliphatic heterocycles. The Morgan fingerprint density at radius 3 is 2.62 bits per heavy atom. The number of nitrogens with zero attached hydrogens (tertiary/aromatic N) is 2. The highest BCUT2D eigenvalue weighted by atomic mass is 16.5. The Morgan fingerprint density at radius 2 is 2.00 bits per heavy atom. The minimum atomic E-state index is -0.0519. The molecule has 0 aliphatic carbocycles. The molecule has 1 aliphatic rings. The molecule has 1 aromatic carbocycles. The number of hydrogen-bond acceptors (Lipinski definition) is 3. The molecule has 0 atom stereocenters. The largest absolute Gasteiger partial charge is 0.466 e. The molecule has 144 valence electrons. The molecular weight excluding hydrogens is 326 g/mol. The van der Waals surface area contributed by atoms with Crippen LogP contribution in [0, 0.1) is 19.8 Å². The van der Waals surface area contributed by atoms with Crippen LogP contribution >= 0.6 is 0 Å². The Bertz CT molecular complexity index is 620. The lowest BCUT2D eigenvalue weighted by atomic mass is 9.97. The molecule has 1 N–H and O–H groups in total. The van der Waals surface area contributed by atoms with Crippen molar-refractivity contribution < 1.29 is 9.53 Å². The highest BCUT2D eigenvalue weighted by molar-refractivity contribution is 5.80. The number of piperidine rings is 1. The summed E-state index contributed by atoms with van der Waals surface area (Å²) in [6, 6.07) is 6.60. The zero-order valence-corrected chi connectivity index (χ0v) is 16.7. The van der Waals surface area contributed by atoms with Crippen molar-refractivity contribution in [2.75, 3.05) is 32.8 Å². The number of carbonyl (C=O) groups is 1. The monoisotopic (exact) mass is 359 g/mol. The van der Waals surface area contributed by atoms with Crippen molar-refractivity contribution in [1.82, 2.24) is 10.2 Å². The third kappa shape index (κ3) is 5.75. The van der Waals surface area contributed by atoms with Crippen LogP contribution in [0.2, 0.25) is 0 Å². The van der Waals surface area contributed by atoms with Gasteiger partial charge in [-0.15, -0.1) is 0 Å². The topological polar surface area (TPSA) is 53.9 Å². The van der Waals surface area contributed by atoms with E-state index >= 15 is 0 Å². The molecule has 0 bridgehead atoms. The molecule has 5 heteroatoms. The zero-order valence-electron chi connectivity index (χ0n) is 16.7. The van der Waals surface area contributed by atoms with Crippen LogP contribution in [0.25, 0.3) is 0 Å². The van der Waals surface area contributed by atoms with Crippen LogP contribution in [-0.2, 0) is 16.0 Å². The molecule has 0 saturated carbocycles. The quantitative estimate of drug-likeness (QED) is 0.482. The number of aliphatic imine (C=N–C) groups is 1. The van der Waals surface area contributed by atoms with Gasteiger partial charge in [0.2, 0.25) is 0 Å². The van der Waals surface area contributed by atoms with Gasteiger partial charge in [-0.1, -0.05) is 23.8 Å². The lowest BCUT2D eigenvalue weighted by Crippen LogP contribution is -2.46. The summed E-state index contributed by atoms with van der Waals surface area (Å²) >= 11 is 0. The standard InChI is InChI=1S/C21H33N3O2/c1-5-22-21(23-12-9-18-8-7-16(3)15-17(18)4)24-13-10-19(11-14-24)20(25)26-6-2/h7-8,15,19H,5-6,9-14H2,1-4H3,(H,22,23). The minimum Gasteiger partial charge on any atom is -0.466 e. The molecule has 0 spiro atoms. The van der Waals surface area contributed by atoms with Crippen molar-refractivity contribution in [3.05, 3.63) is 34.9 Å². The van der Waals surface area contributed by atoms with Crippen LogP contribution in [0.1, 0.15) is 43.4 Å². The van der Waals surface area contributed by atoms with Crippen molar-refractivity contribution in [2.45, 2.75) is 47.0 Å². The number of hydrogen-bond donors (Lipinski definition) is 1. The van der Waals surface area contributed by atoms with E-state index in [4.69, 9.17) is 9.73 Å². The lowest BCUT2D eigenvalue weighted by Gasteiger charge is -2.33. The highest BCUT2D eigenvalue weighted by Gasteiger charge is 2.27. The predicted octanol–water partition coefficient (Wildman–Crippen LogP) is 3.09. The van der Waals surface area contributed by atoms with E-state index in [2.05, 4.69) is 49.2 Å². The Hall–Kier alpha value is -2.04. The number of carbonyl (C=O) groups excluding carboxylic acids is 1. The van der Waals surface area contributed by atoms with E-state index < -0.39 is 0 Å². The van der Waals surface area contributed by atoms with E-state index in [9.17, 15) is 4.79 Å². The minimum absolute atomic E-state index is 0.0317. The maximum atomic E-state index is 11.9. The third-order valence-electron chi connectivity index (χ3n) is 4.89. The van der Waals surface area contributed by atoms with E-state index in [0.717, 1.165) is 51.4 Å². The van der Waals surface area contributed by atoms with Crippen LogP contribution in [0.5, 0.6) is 0 Å². The molecule has 26 heavy (non-hydrogen) atoms.